The Bertz CT molecular complexity index is 410. The van der Waals surface area contributed by atoms with Crippen molar-refractivity contribution in [2.24, 2.45) is 5.73 Å². The van der Waals surface area contributed by atoms with E-state index in [9.17, 15) is 4.79 Å². The fraction of sp³-hybridized carbons (Fsp3) is 0.667. The number of rotatable bonds is 8. The highest BCUT2D eigenvalue weighted by Gasteiger charge is 2.32. The van der Waals surface area contributed by atoms with E-state index in [1.54, 1.807) is 0 Å². The molecule has 0 saturated heterocycles. The van der Waals surface area contributed by atoms with Crippen LogP contribution < -0.4 is 5.73 Å². The van der Waals surface area contributed by atoms with Gasteiger partial charge in [-0.05, 0) is 51.3 Å². The Labute approximate surface area is 114 Å². The van der Waals surface area contributed by atoms with Gasteiger partial charge in [0.15, 0.2) is 0 Å². The van der Waals surface area contributed by atoms with Crippen molar-refractivity contribution in [1.29, 1.82) is 0 Å². The Hall–Kier alpha value is -1.29. The van der Waals surface area contributed by atoms with Crippen LogP contribution in [0.25, 0.3) is 0 Å². The SMILES string of the molecule is Cc1ccc(CN(C(=O)CCCCCN)C2CC2)o1. The number of furan rings is 1. The molecule has 1 saturated carbocycles. The number of hydrogen-bond donors (Lipinski definition) is 1. The second-order valence-electron chi connectivity index (χ2n) is 5.36. The fourth-order valence-electron chi connectivity index (χ4n) is 2.29. The molecule has 0 aromatic carbocycles. The summed E-state index contributed by atoms with van der Waals surface area (Å²) in [6.07, 6.45) is 5.89. The van der Waals surface area contributed by atoms with Crippen molar-refractivity contribution < 1.29 is 9.21 Å². The summed E-state index contributed by atoms with van der Waals surface area (Å²) in [6, 6.07) is 4.35. The molecule has 19 heavy (non-hydrogen) atoms. The third-order valence-corrected chi connectivity index (χ3v) is 3.52. The van der Waals surface area contributed by atoms with E-state index in [4.69, 9.17) is 10.2 Å². The third kappa shape index (κ3) is 4.39. The molecule has 1 amide bonds. The lowest BCUT2D eigenvalue weighted by atomic mass is 10.1. The molecular formula is C15H24N2O2. The zero-order chi connectivity index (χ0) is 13.7. The maximum Gasteiger partial charge on any atom is 0.223 e. The normalized spacial score (nSPS) is 14.6. The number of nitrogens with two attached hydrogens (primary N) is 1. The van der Waals surface area contributed by atoms with Gasteiger partial charge in [-0.2, -0.15) is 0 Å². The summed E-state index contributed by atoms with van der Waals surface area (Å²) in [4.78, 5) is 14.2. The van der Waals surface area contributed by atoms with E-state index >= 15 is 0 Å². The van der Waals surface area contributed by atoms with Crippen molar-refractivity contribution in [2.45, 2.75) is 58.0 Å². The predicted octanol–water partition coefficient (Wildman–Crippen LogP) is 2.60. The van der Waals surface area contributed by atoms with E-state index in [2.05, 4.69) is 0 Å². The molecule has 0 aliphatic heterocycles. The topological polar surface area (TPSA) is 59.5 Å². The van der Waals surface area contributed by atoms with E-state index in [1.165, 1.54) is 0 Å². The molecule has 1 aromatic heterocycles. The Kier molecular flexibility index (Phi) is 5.02. The minimum absolute atomic E-state index is 0.258. The van der Waals surface area contributed by atoms with Crippen molar-refractivity contribution in [2.75, 3.05) is 6.54 Å². The molecule has 2 N–H and O–H groups in total. The molecule has 0 spiro atoms. The van der Waals surface area contributed by atoms with Crippen molar-refractivity contribution in [3.8, 4) is 0 Å². The van der Waals surface area contributed by atoms with Gasteiger partial charge in [0.2, 0.25) is 5.91 Å². The first kappa shape index (κ1) is 14.1. The average Bonchev–Trinajstić information content (AvgIpc) is 3.15. The Morgan fingerprint density at radius 1 is 1.37 bits per heavy atom. The molecule has 4 heteroatoms. The van der Waals surface area contributed by atoms with Gasteiger partial charge in [-0.3, -0.25) is 4.79 Å². The van der Waals surface area contributed by atoms with E-state index in [0.717, 1.165) is 43.6 Å². The smallest absolute Gasteiger partial charge is 0.223 e. The standard InChI is InChI=1S/C15H24N2O2/c1-12-6-9-14(19-12)11-17(13-7-8-13)15(18)5-3-2-4-10-16/h6,9,13H,2-5,7-8,10-11,16H2,1H3. The summed E-state index contributed by atoms with van der Waals surface area (Å²) in [7, 11) is 0. The molecule has 0 bridgehead atoms. The van der Waals surface area contributed by atoms with Crippen LogP contribution in [0.5, 0.6) is 0 Å². The highest BCUT2D eigenvalue weighted by atomic mass is 16.3. The molecule has 1 fully saturated rings. The minimum Gasteiger partial charge on any atom is -0.464 e. The first-order chi connectivity index (χ1) is 9.20. The number of hydrogen-bond acceptors (Lipinski definition) is 3. The van der Waals surface area contributed by atoms with Crippen LogP contribution in [0, 0.1) is 6.92 Å². The van der Waals surface area contributed by atoms with Gasteiger partial charge < -0.3 is 15.1 Å². The van der Waals surface area contributed by atoms with Gasteiger partial charge in [0.1, 0.15) is 11.5 Å². The summed E-state index contributed by atoms with van der Waals surface area (Å²) >= 11 is 0. The molecule has 2 rings (SSSR count). The molecular weight excluding hydrogens is 240 g/mol. The highest BCUT2D eigenvalue weighted by molar-refractivity contribution is 5.76. The van der Waals surface area contributed by atoms with E-state index < -0.39 is 0 Å². The zero-order valence-electron chi connectivity index (χ0n) is 11.7. The molecule has 0 radical (unpaired) electrons. The van der Waals surface area contributed by atoms with Crippen LogP contribution in [0.1, 0.15) is 50.0 Å². The summed E-state index contributed by atoms with van der Waals surface area (Å²) in [5.41, 5.74) is 5.46. The molecule has 1 aliphatic carbocycles. The van der Waals surface area contributed by atoms with Crippen LogP contribution in [0.15, 0.2) is 16.5 Å². The Balaban J connectivity index is 1.83. The predicted molar refractivity (Wildman–Crippen MR) is 74.5 cm³/mol. The maximum absolute atomic E-state index is 12.3. The molecule has 1 heterocycles. The monoisotopic (exact) mass is 264 g/mol. The van der Waals surface area contributed by atoms with Gasteiger partial charge in [-0.1, -0.05) is 6.42 Å². The van der Waals surface area contributed by atoms with Gasteiger partial charge in [-0.15, -0.1) is 0 Å². The molecule has 0 atom stereocenters. The van der Waals surface area contributed by atoms with Crippen molar-refractivity contribution in [3.05, 3.63) is 23.7 Å². The van der Waals surface area contributed by atoms with Crippen LogP contribution in [-0.2, 0) is 11.3 Å². The van der Waals surface area contributed by atoms with Crippen LogP contribution in [-0.4, -0.2) is 23.4 Å². The number of carbonyl (C=O) groups is 1. The lowest BCUT2D eigenvalue weighted by Gasteiger charge is -2.21. The van der Waals surface area contributed by atoms with E-state index in [-0.39, 0.29) is 5.91 Å². The highest BCUT2D eigenvalue weighted by Crippen LogP contribution is 2.29. The van der Waals surface area contributed by atoms with Crippen molar-refractivity contribution in [3.63, 3.8) is 0 Å². The largest absolute Gasteiger partial charge is 0.464 e. The number of amides is 1. The summed E-state index contributed by atoms with van der Waals surface area (Å²) < 4.78 is 5.57. The molecule has 1 aliphatic rings. The first-order valence-electron chi connectivity index (χ1n) is 7.25. The maximum atomic E-state index is 12.3. The number of carbonyl (C=O) groups excluding carboxylic acids is 1. The number of nitrogens with zero attached hydrogens (tertiary/aromatic N) is 1. The lowest BCUT2D eigenvalue weighted by Crippen LogP contribution is -2.32. The van der Waals surface area contributed by atoms with Crippen LogP contribution in [0.3, 0.4) is 0 Å². The lowest BCUT2D eigenvalue weighted by molar-refractivity contribution is -0.132. The average molecular weight is 264 g/mol. The van der Waals surface area contributed by atoms with Gasteiger partial charge in [-0.25, -0.2) is 0 Å². The Morgan fingerprint density at radius 3 is 2.74 bits per heavy atom. The molecule has 106 valence electrons. The van der Waals surface area contributed by atoms with E-state index in [0.29, 0.717) is 25.6 Å². The number of aryl methyl sites for hydroxylation is 1. The number of unbranched alkanes of at least 4 members (excludes halogenated alkanes) is 2. The zero-order valence-corrected chi connectivity index (χ0v) is 11.7. The fourth-order valence-corrected chi connectivity index (χ4v) is 2.29. The van der Waals surface area contributed by atoms with Gasteiger partial charge in [0.05, 0.1) is 6.54 Å². The third-order valence-electron chi connectivity index (χ3n) is 3.52. The minimum atomic E-state index is 0.258. The summed E-state index contributed by atoms with van der Waals surface area (Å²) in [5.74, 6) is 2.05. The van der Waals surface area contributed by atoms with Gasteiger partial charge in [0, 0.05) is 12.5 Å². The first-order valence-corrected chi connectivity index (χ1v) is 7.25. The molecule has 0 unspecified atom stereocenters. The second-order valence-corrected chi connectivity index (χ2v) is 5.36. The van der Waals surface area contributed by atoms with Crippen molar-refractivity contribution >= 4 is 5.91 Å². The summed E-state index contributed by atoms with van der Waals surface area (Å²) in [5, 5.41) is 0. The molecule has 1 aromatic rings. The summed E-state index contributed by atoms with van der Waals surface area (Å²) in [6.45, 7) is 3.26. The van der Waals surface area contributed by atoms with Crippen molar-refractivity contribution in [1.82, 2.24) is 4.90 Å². The van der Waals surface area contributed by atoms with Crippen LogP contribution in [0.2, 0.25) is 0 Å². The molecule has 4 nitrogen and oxygen atoms in total. The van der Waals surface area contributed by atoms with Crippen LogP contribution in [0.4, 0.5) is 0 Å². The van der Waals surface area contributed by atoms with Gasteiger partial charge >= 0.3 is 0 Å². The quantitative estimate of drug-likeness (QED) is 0.734. The van der Waals surface area contributed by atoms with Gasteiger partial charge in [0.25, 0.3) is 0 Å². The Morgan fingerprint density at radius 2 is 2.16 bits per heavy atom. The van der Waals surface area contributed by atoms with Crippen LogP contribution >= 0.6 is 0 Å². The second kappa shape index (κ2) is 6.75. The van der Waals surface area contributed by atoms with E-state index in [1.807, 2.05) is 24.0 Å².